The van der Waals surface area contributed by atoms with Gasteiger partial charge in [0.1, 0.15) is 5.69 Å². The monoisotopic (exact) mass is 536 g/mol. The Balaban J connectivity index is 1.24. The number of benzene rings is 1. The number of aromatic nitrogens is 3. The number of rotatable bonds is 5. The van der Waals surface area contributed by atoms with Gasteiger partial charge in [0.05, 0.1) is 22.4 Å². The van der Waals surface area contributed by atoms with E-state index in [2.05, 4.69) is 20.1 Å². The van der Waals surface area contributed by atoms with Crippen LogP contribution in [0.15, 0.2) is 45.4 Å². The van der Waals surface area contributed by atoms with Crippen molar-refractivity contribution in [1.29, 1.82) is 0 Å². The Bertz CT molecular complexity index is 1560. The third-order valence-electron chi connectivity index (χ3n) is 8.40. The number of fused-ring (bicyclic) bond motifs is 1. The van der Waals surface area contributed by atoms with E-state index in [0.717, 1.165) is 31.3 Å². The molecule has 10 nitrogen and oxygen atoms in total. The van der Waals surface area contributed by atoms with Crippen molar-refractivity contribution in [1.82, 2.24) is 15.2 Å². The highest BCUT2D eigenvalue weighted by molar-refractivity contribution is 5.90. The topological polar surface area (TPSA) is 115 Å². The van der Waals surface area contributed by atoms with Crippen LogP contribution in [0.4, 0.5) is 26.0 Å². The third kappa shape index (κ3) is 4.37. The summed E-state index contributed by atoms with van der Waals surface area (Å²) in [6, 6.07) is 8.20. The van der Waals surface area contributed by atoms with Crippen molar-refractivity contribution in [2.75, 3.05) is 36.0 Å². The van der Waals surface area contributed by atoms with Gasteiger partial charge >= 0.3 is 0 Å². The molecule has 12 heteroatoms. The molecule has 1 aromatic carbocycles. The van der Waals surface area contributed by atoms with Gasteiger partial charge < -0.3 is 18.6 Å². The van der Waals surface area contributed by atoms with E-state index in [4.69, 9.17) is 8.83 Å². The van der Waals surface area contributed by atoms with Crippen LogP contribution in [0.25, 0.3) is 34.0 Å². The van der Waals surface area contributed by atoms with Crippen molar-refractivity contribution in [2.24, 2.45) is 5.41 Å². The molecule has 3 fully saturated rings. The fraction of sp³-hybridized carbons (Fsp3) is 0.444. The summed E-state index contributed by atoms with van der Waals surface area (Å²) in [6.07, 6.45) is 5.65. The predicted octanol–water partition coefficient (Wildman–Crippen LogP) is 6.07. The van der Waals surface area contributed by atoms with E-state index in [1.54, 1.807) is 29.2 Å². The number of non-ortho nitro benzene ring substituents is 1. The second kappa shape index (κ2) is 8.72. The summed E-state index contributed by atoms with van der Waals surface area (Å²) in [5.74, 6) is -1.83. The van der Waals surface area contributed by atoms with E-state index >= 15 is 0 Å². The van der Waals surface area contributed by atoms with Crippen molar-refractivity contribution >= 4 is 28.2 Å². The normalized spacial score (nSPS) is 20.1. The molecular weight excluding hydrogens is 510 g/mol. The number of nitro groups is 1. The van der Waals surface area contributed by atoms with Gasteiger partial charge in [-0.05, 0) is 49.3 Å². The third-order valence-corrected chi connectivity index (χ3v) is 8.40. The minimum atomic E-state index is -2.69. The quantitative estimate of drug-likeness (QED) is 0.221. The summed E-state index contributed by atoms with van der Waals surface area (Å²) >= 11 is 0. The first kappa shape index (κ1) is 24.0. The number of hydrogen-bond acceptors (Lipinski definition) is 9. The Morgan fingerprint density at radius 1 is 0.897 bits per heavy atom. The van der Waals surface area contributed by atoms with Gasteiger partial charge in [0, 0.05) is 56.5 Å². The van der Waals surface area contributed by atoms with E-state index in [1.165, 1.54) is 25.2 Å². The van der Waals surface area contributed by atoms with Crippen molar-refractivity contribution in [3.63, 3.8) is 0 Å². The molecule has 0 amide bonds. The van der Waals surface area contributed by atoms with E-state index in [1.807, 2.05) is 0 Å². The van der Waals surface area contributed by atoms with Crippen LogP contribution in [-0.2, 0) is 0 Å². The minimum absolute atomic E-state index is 0.00373. The second-order valence-corrected chi connectivity index (χ2v) is 10.9. The van der Waals surface area contributed by atoms with Crippen LogP contribution < -0.4 is 9.80 Å². The average molecular weight is 537 g/mol. The van der Waals surface area contributed by atoms with E-state index in [9.17, 15) is 18.9 Å². The molecule has 4 aromatic rings. The van der Waals surface area contributed by atoms with Gasteiger partial charge in [-0.1, -0.05) is 0 Å². The van der Waals surface area contributed by atoms with Gasteiger partial charge in [0.25, 0.3) is 17.5 Å². The van der Waals surface area contributed by atoms with Crippen LogP contribution in [0, 0.1) is 15.5 Å². The Morgan fingerprint density at radius 2 is 1.62 bits per heavy atom. The lowest BCUT2D eigenvalue weighted by Gasteiger charge is -2.34. The number of anilines is 2. The number of furan rings is 1. The number of nitrogens with zero attached hydrogens (tertiary/aromatic N) is 6. The van der Waals surface area contributed by atoms with Crippen LogP contribution in [0.3, 0.4) is 0 Å². The first-order valence-corrected chi connectivity index (χ1v) is 13.2. The molecule has 1 spiro atoms. The standard InChI is InChI=1S/C27H26F2N6O4/c28-27(29)8-12-34(13-9-27)23-22-17(3-14-38-22)15-20(30-23)25-32-31-24(39-25)19-2-1-18(35(36)37)16-21(19)33-10-6-26(4-5-26)7-11-33/h1-3,14-16H,4-13H2. The molecular formula is C27H26F2N6O4. The van der Waals surface area contributed by atoms with Gasteiger partial charge in [-0.15, -0.1) is 10.2 Å². The fourth-order valence-corrected chi connectivity index (χ4v) is 5.74. The molecule has 39 heavy (non-hydrogen) atoms. The van der Waals surface area contributed by atoms with Gasteiger partial charge in [-0.3, -0.25) is 10.1 Å². The van der Waals surface area contributed by atoms with Crippen molar-refractivity contribution in [3.8, 4) is 23.0 Å². The number of hydrogen-bond donors (Lipinski definition) is 0. The maximum atomic E-state index is 13.8. The Hall–Kier alpha value is -4.09. The molecule has 202 valence electrons. The van der Waals surface area contributed by atoms with Gasteiger partial charge in [-0.2, -0.15) is 0 Å². The Kier molecular flexibility index (Phi) is 5.36. The molecule has 7 rings (SSSR count). The molecule has 3 aliphatic rings. The number of piperidine rings is 2. The predicted molar refractivity (Wildman–Crippen MR) is 139 cm³/mol. The number of halogens is 2. The summed E-state index contributed by atoms with van der Waals surface area (Å²) in [5, 5.41) is 20.8. The molecule has 0 radical (unpaired) electrons. The second-order valence-electron chi connectivity index (χ2n) is 10.9. The van der Waals surface area contributed by atoms with Crippen LogP contribution in [0.1, 0.15) is 38.5 Å². The first-order chi connectivity index (χ1) is 18.8. The molecule has 0 N–H and O–H groups in total. The largest absolute Gasteiger partial charge is 0.460 e. The van der Waals surface area contributed by atoms with Gasteiger partial charge in [0.15, 0.2) is 11.4 Å². The zero-order chi connectivity index (χ0) is 26.8. The number of alkyl halides is 2. The van der Waals surface area contributed by atoms with Crippen molar-refractivity contribution in [2.45, 2.75) is 44.4 Å². The molecule has 2 saturated heterocycles. The molecule has 0 bridgehead atoms. The highest BCUT2D eigenvalue weighted by Gasteiger charge is 2.45. The average Bonchev–Trinajstić information content (AvgIpc) is 3.30. The van der Waals surface area contributed by atoms with Gasteiger partial charge in [0.2, 0.25) is 5.89 Å². The summed E-state index contributed by atoms with van der Waals surface area (Å²) in [7, 11) is 0. The fourth-order valence-electron chi connectivity index (χ4n) is 5.74. The molecule has 0 unspecified atom stereocenters. The van der Waals surface area contributed by atoms with Crippen molar-refractivity contribution in [3.05, 3.63) is 46.7 Å². The molecule has 1 aliphatic carbocycles. The van der Waals surface area contributed by atoms with Crippen LogP contribution in [-0.4, -0.2) is 52.2 Å². The molecule has 2 aliphatic heterocycles. The lowest BCUT2D eigenvalue weighted by Crippen LogP contribution is -2.39. The first-order valence-electron chi connectivity index (χ1n) is 13.2. The minimum Gasteiger partial charge on any atom is -0.460 e. The maximum Gasteiger partial charge on any atom is 0.271 e. The van der Waals surface area contributed by atoms with Crippen LogP contribution in [0.2, 0.25) is 0 Å². The van der Waals surface area contributed by atoms with Crippen molar-refractivity contribution < 1.29 is 22.5 Å². The molecule has 0 atom stereocenters. The van der Waals surface area contributed by atoms with E-state index < -0.39 is 10.8 Å². The Morgan fingerprint density at radius 3 is 2.33 bits per heavy atom. The molecule has 5 heterocycles. The Labute approximate surface area is 221 Å². The maximum absolute atomic E-state index is 13.8. The zero-order valence-corrected chi connectivity index (χ0v) is 21.1. The van der Waals surface area contributed by atoms with E-state index in [-0.39, 0.29) is 43.4 Å². The summed E-state index contributed by atoms with van der Waals surface area (Å²) in [6.45, 7) is 1.92. The smallest absolute Gasteiger partial charge is 0.271 e. The van der Waals surface area contributed by atoms with Crippen LogP contribution >= 0.6 is 0 Å². The SMILES string of the molecule is O=[N+]([O-])c1ccc(-c2nnc(-c3cc4ccoc4c(N4CCC(F)(F)CC4)n3)o2)c(N2CCC3(CC2)CC3)c1. The summed E-state index contributed by atoms with van der Waals surface area (Å²) in [5.41, 5.74) is 2.68. The lowest BCUT2D eigenvalue weighted by atomic mass is 9.93. The molecule has 3 aromatic heterocycles. The summed E-state index contributed by atoms with van der Waals surface area (Å²) in [4.78, 5) is 19.8. The summed E-state index contributed by atoms with van der Waals surface area (Å²) < 4.78 is 39.3. The number of nitro benzene ring substituents is 1. The number of pyridine rings is 1. The highest BCUT2D eigenvalue weighted by Crippen LogP contribution is 2.54. The molecule has 1 saturated carbocycles. The highest BCUT2D eigenvalue weighted by atomic mass is 19.3. The van der Waals surface area contributed by atoms with E-state index in [0.29, 0.717) is 33.8 Å². The van der Waals surface area contributed by atoms with Crippen LogP contribution in [0.5, 0.6) is 0 Å². The van der Waals surface area contributed by atoms with Gasteiger partial charge in [-0.25, -0.2) is 13.8 Å². The zero-order valence-electron chi connectivity index (χ0n) is 21.1. The lowest BCUT2D eigenvalue weighted by molar-refractivity contribution is -0.384.